The summed E-state index contributed by atoms with van der Waals surface area (Å²) in [6, 6.07) is 5.09. The zero-order valence-corrected chi connectivity index (χ0v) is 10.4. The second kappa shape index (κ2) is 3.81. The molecule has 1 aromatic rings. The SMILES string of the molecule is CC(=O)Nc1ccc2c(c1)CC1(C2)NC(=O)NC1=O. The molecule has 4 amide bonds. The maximum atomic E-state index is 11.9. The van der Waals surface area contributed by atoms with Crippen molar-refractivity contribution in [2.45, 2.75) is 25.3 Å². The van der Waals surface area contributed by atoms with E-state index in [1.165, 1.54) is 6.92 Å². The van der Waals surface area contributed by atoms with Crippen molar-refractivity contribution in [1.29, 1.82) is 0 Å². The van der Waals surface area contributed by atoms with Gasteiger partial charge in [-0.3, -0.25) is 14.9 Å². The van der Waals surface area contributed by atoms with Crippen LogP contribution in [0.5, 0.6) is 0 Å². The van der Waals surface area contributed by atoms with Crippen molar-refractivity contribution in [3.63, 3.8) is 0 Å². The molecule has 6 heteroatoms. The second-order valence-electron chi connectivity index (χ2n) is 5.01. The van der Waals surface area contributed by atoms with Gasteiger partial charge in [-0.05, 0) is 23.3 Å². The summed E-state index contributed by atoms with van der Waals surface area (Å²) in [5.74, 6) is -0.422. The number of imide groups is 1. The van der Waals surface area contributed by atoms with Gasteiger partial charge >= 0.3 is 6.03 Å². The zero-order valence-electron chi connectivity index (χ0n) is 10.4. The minimum atomic E-state index is -0.853. The topological polar surface area (TPSA) is 87.3 Å². The molecule has 1 aliphatic heterocycles. The van der Waals surface area contributed by atoms with Gasteiger partial charge in [0.25, 0.3) is 5.91 Å². The molecule has 1 spiro atoms. The number of nitrogens with one attached hydrogen (secondary N) is 3. The maximum Gasteiger partial charge on any atom is 0.322 e. The molecule has 0 bridgehead atoms. The van der Waals surface area contributed by atoms with Gasteiger partial charge in [-0.25, -0.2) is 4.79 Å². The van der Waals surface area contributed by atoms with Crippen molar-refractivity contribution in [3.8, 4) is 0 Å². The predicted octanol–water partition coefficient (Wildman–Crippen LogP) is 0.322. The first-order valence-corrected chi connectivity index (χ1v) is 6.01. The molecule has 1 atom stereocenters. The lowest BCUT2D eigenvalue weighted by atomic mass is 9.96. The fourth-order valence-corrected chi connectivity index (χ4v) is 2.73. The van der Waals surface area contributed by atoms with Crippen LogP contribution in [0.4, 0.5) is 10.5 Å². The van der Waals surface area contributed by atoms with Gasteiger partial charge in [-0.15, -0.1) is 0 Å². The molecule has 0 radical (unpaired) electrons. The van der Waals surface area contributed by atoms with Gasteiger partial charge in [0, 0.05) is 25.5 Å². The van der Waals surface area contributed by atoms with E-state index in [4.69, 9.17) is 0 Å². The minimum Gasteiger partial charge on any atom is -0.326 e. The molecule has 1 heterocycles. The van der Waals surface area contributed by atoms with Crippen LogP contribution in [0.1, 0.15) is 18.1 Å². The third-order valence-electron chi connectivity index (χ3n) is 3.53. The Morgan fingerprint density at radius 1 is 1.26 bits per heavy atom. The lowest BCUT2D eigenvalue weighted by Crippen LogP contribution is -2.47. The van der Waals surface area contributed by atoms with E-state index in [0.717, 1.165) is 11.1 Å². The lowest BCUT2D eigenvalue weighted by molar-refractivity contribution is -0.123. The van der Waals surface area contributed by atoms with Crippen LogP contribution in [-0.2, 0) is 22.4 Å². The number of amides is 4. The molecule has 1 fully saturated rings. The van der Waals surface area contributed by atoms with Crippen molar-refractivity contribution in [2.24, 2.45) is 0 Å². The number of anilines is 1. The maximum absolute atomic E-state index is 11.9. The van der Waals surface area contributed by atoms with Gasteiger partial charge in [0.05, 0.1) is 0 Å². The van der Waals surface area contributed by atoms with Crippen molar-refractivity contribution < 1.29 is 14.4 Å². The molecule has 1 aromatic carbocycles. The quantitative estimate of drug-likeness (QED) is 0.635. The summed E-state index contributed by atoms with van der Waals surface area (Å²) in [5, 5.41) is 7.68. The fraction of sp³-hybridized carbons (Fsp3) is 0.308. The van der Waals surface area contributed by atoms with Crippen LogP contribution in [0, 0.1) is 0 Å². The van der Waals surface area contributed by atoms with E-state index in [1.54, 1.807) is 6.07 Å². The first-order valence-electron chi connectivity index (χ1n) is 6.01. The van der Waals surface area contributed by atoms with E-state index in [0.29, 0.717) is 18.5 Å². The van der Waals surface area contributed by atoms with Crippen LogP contribution in [0.25, 0.3) is 0 Å². The highest BCUT2D eigenvalue weighted by Crippen LogP contribution is 2.33. The van der Waals surface area contributed by atoms with Crippen molar-refractivity contribution in [2.75, 3.05) is 5.32 Å². The summed E-state index contributed by atoms with van der Waals surface area (Å²) in [5.41, 5.74) is 1.84. The summed E-state index contributed by atoms with van der Waals surface area (Å²) in [6.45, 7) is 1.44. The third-order valence-corrected chi connectivity index (χ3v) is 3.53. The number of fused-ring (bicyclic) bond motifs is 1. The first kappa shape index (κ1) is 11.7. The van der Waals surface area contributed by atoms with Crippen LogP contribution in [0.2, 0.25) is 0 Å². The average Bonchev–Trinajstić information content (AvgIpc) is 2.78. The van der Waals surface area contributed by atoms with Gasteiger partial charge < -0.3 is 10.6 Å². The standard InChI is InChI=1S/C13H13N3O3/c1-7(17)14-10-3-2-8-5-13(6-9(8)4-10)11(18)15-12(19)16-13/h2-4H,5-6H2,1H3,(H,14,17)(H2,15,16,18,19). The number of hydrogen-bond donors (Lipinski definition) is 3. The van der Waals surface area contributed by atoms with E-state index in [2.05, 4.69) is 16.0 Å². The molecule has 3 rings (SSSR count). The molecule has 98 valence electrons. The summed E-state index contributed by atoms with van der Waals surface area (Å²) < 4.78 is 0. The summed E-state index contributed by atoms with van der Waals surface area (Å²) in [7, 11) is 0. The molecule has 0 aromatic heterocycles. The van der Waals surface area contributed by atoms with Crippen molar-refractivity contribution in [3.05, 3.63) is 29.3 Å². The summed E-state index contributed by atoms with van der Waals surface area (Å²) in [4.78, 5) is 34.2. The van der Waals surface area contributed by atoms with E-state index in [-0.39, 0.29) is 11.8 Å². The number of urea groups is 1. The Morgan fingerprint density at radius 2 is 2.00 bits per heavy atom. The van der Waals surface area contributed by atoms with Crippen molar-refractivity contribution in [1.82, 2.24) is 10.6 Å². The van der Waals surface area contributed by atoms with Crippen LogP contribution in [-0.4, -0.2) is 23.4 Å². The Morgan fingerprint density at radius 3 is 2.63 bits per heavy atom. The Kier molecular flexibility index (Phi) is 2.35. The summed E-state index contributed by atoms with van der Waals surface area (Å²) >= 11 is 0. The van der Waals surface area contributed by atoms with Crippen molar-refractivity contribution >= 4 is 23.5 Å². The number of benzene rings is 1. The summed E-state index contributed by atoms with van der Waals surface area (Å²) in [6.07, 6.45) is 0.938. The Labute approximate surface area is 109 Å². The lowest BCUT2D eigenvalue weighted by Gasteiger charge is -2.18. The number of hydrogen-bond acceptors (Lipinski definition) is 3. The Hall–Kier alpha value is -2.37. The second-order valence-corrected chi connectivity index (χ2v) is 5.01. The monoisotopic (exact) mass is 259 g/mol. The van der Waals surface area contributed by atoms with Gasteiger partial charge in [-0.1, -0.05) is 6.07 Å². The molecule has 2 aliphatic rings. The Balaban J connectivity index is 1.90. The smallest absolute Gasteiger partial charge is 0.322 e. The number of carbonyl (C=O) groups is 3. The highest BCUT2D eigenvalue weighted by atomic mass is 16.2. The normalized spacial score (nSPS) is 24.1. The van der Waals surface area contributed by atoms with E-state index in [9.17, 15) is 14.4 Å². The molecule has 1 saturated heterocycles. The molecule has 1 unspecified atom stereocenters. The van der Waals surface area contributed by atoms with Crippen LogP contribution in [0.15, 0.2) is 18.2 Å². The first-order chi connectivity index (χ1) is 8.98. The van der Waals surface area contributed by atoms with Crippen LogP contribution >= 0.6 is 0 Å². The number of carbonyl (C=O) groups excluding carboxylic acids is 3. The Bertz CT molecular complexity index is 611. The highest BCUT2D eigenvalue weighted by molar-refractivity contribution is 6.07. The molecule has 0 saturated carbocycles. The van der Waals surface area contributed by atoms with Gasteiger partial charge in [0.2, 0.25) is 5.91 Å². The molecule has 3 N–H and O–H groups in total. The molecule has 19 heavy (non-hydrogen) atoms. The molecule has 1 aliphatic carbocycles. The van der Waals surface area contributed by atoms with E-state index >= 15 is 0 Å². The average molecular weight is 259 g/mol. The zero-order chi connectivity index (χ0) is 13.6. The molecular weight excluding hydrogens is 246 g/mol. The third kappa shape index (κ3) is 1.85. The molecular formula is C13H13N3O3. The fourth-order valence-electron chi connectivity index (χ4n) is 2.73. The number of rotatable bonds is 1. The van der Waals surface area contributed by atoms with Gasteiger partial charge in [0.15, 0.2) is 0 Å². The predicted molar refractivity (Wildman–Crippen MR) is 67.6 cm³/mol. The van der Waals surface area contributed by atoms with Crippen LogP contribution in [0.3, 0.4) is 0 Å². The highest BCUT2D eigenvalue weighted by Gasteiger charge is 2.49. The van der Waals surface area contributed by atoms with E-state index in [1.807, 2.05) is 12.1 Å². The van der Waals surface area contributed by atoms with Gasteiger partial charge in [-0.2, -0.15) is 0 Å². The largest absolute Gasteiger partial charge is 0.326 e. The van der Waals surface area contributed by atoms with Gasteiger partial charge in [0.1, 0.15) is 5.54 Å². The van der Waals surface area contributed by atoms with E-state index < -0.39 is 11.6 Å². The van der Waals surface area contributed by atoms with Crippen LogP contribution < -0.4 is 16.0 Å². The molecule has 6 nitrogen and oxygen atoms in total. The minimum absolute atomic E-state index is 0.139.